The molecule has 15 aliphatic rings. The van der Waals surface area contributed by atoms with Gasteiger partial charge in [0.05, 0.1) is 42.2 Å². The molecule has 5 aromatic heterocycles. The lowest BCUT2D eigenvalue weighted by Gasteiger charge is -2.53. The number of carbonyl (C=O) groups excluding carboxylic acids is 1. The largest absolute Gasteiger partial charge is 0.507 e. The fourth-order valence-corrected chi connectivity index (χ4v) is 27.7. The van der Waals surface area contributed by atoms with Gasteiger partial charge in [0.1, 0.15) is 40.6 Å². The van der Waals surface area contributed by atoms with E-state index < -0.39 is 0 Å². The highest BCUT2D eigenvalue weighted by atomic mass is 16.5. The number of nitriles is 2. The van der Waals surface area contributed by atoms with E-state index in [0.717, 1.165) is 97.8 Å². The Morgan fingerprint density at radius 3 is 0.855 bits per heavy atom. The molecular formula is C116H160N18O4. The zero-order valence-electron chi connectivity index (χ0n) is 85.8. The van der Waals surface area contributed by atoms with Crippen LogP contribution in [0.5, 0.6) is 11.5 Å². The van der Waals surface area contributed by atoms with Crippen LogP contribution in [0.15, 0.2) is 126 Å². The zero-order valence-corrected chi connectivity index (χ0v) is 85.8. The molecule has 738 valence electrons. The van der Waals surface area contributed by atoms with E-state index in [9.17, 15) is 15.2 Å². The highest BCUT2D eigenvalue weighted by molar-refractivity contribution is 5.89. The number of aldehydes is 1. The maximum Gasteiger partial charge on any atom is 0.167 e. The van der Waals surface area contributed by atoms with Crippen LogP contribution < -0.4 is 4.74 Å². The number of para-hydroxylation sites is 2. The van der Waals surface area contributed by atoms with Gasteiger partial charge < -0.3 is 37.9 Å². The van der Waals surface area contributed by atoms with Crippen molar-refractivity contribution in [3.05, 3.63) is 167 Å². The van der Waals surface area contributed by atoms with Gasteiger partial charge in [0.2, 0.25) is 0 Å². The first kappa shape index (κ1) is 102. The minimum Gasteiger partial charge on any atom is -0.507 e. The maximum absolute atomic E-state index is 11.4. The van der Waals surface area contributed by atoms with Gasteiger partial charge >= 0.3 is 0 Å². The molecule has 0 unspecified atom stereocenters. The van der Waals surface area contributed by atoms with Crippen LogP contribution >= 0.6 is 0 Å². The Labute approximate surface area is 823 Å². The van der Waals surface area contributed by atoms with Crippen molar-refractivity contribution in [3.8, 4) is 80.6 Å². The molecule has 0 saturated heterocycles. The van der Waals surface area contributed by atoms with Crippen molar-refractivity contribution in [1.82, 2.24) is 73.8 Å². The minimum atomic E-state index is 0.183. The van der Waals surface area contributed by atoms with Gasteiger partial charge in [-0.15, -0.1) is 51.0 Å². The zero-order chi connectivity index (χ0) is 97.2. The fraction of sp³-hybridized carbons (Fsp3) is 0.621. The highest BCUT2D eigenvalue weighted by Crippen LogP contribution is 2.65. The number of phenols is 1. The predicted octanol–water partition coefficient (Wildman–Crippen LogP) is 28.0. The maximum atomic E-state index is 11.4. The summed E-state index contributed by atoms with van der Waals surface area (Å²) >= 11 is 0. The van der Waals surface area contributed by atoms with Crippen LogP contribution in [0.2, 0.25) is 0 Å². The quantitative estimate of drug-likeness (QED) is 0.0127. The molecule has 25 rings (SSSR count). The molecule has 0 radical (unpaired) electrons. The molecule has 0 amide bonds. The van der Waals surface area contributed by atoms with Gasteiger partial charge in [-0.05, 0) is 288 Å². The van der Waals surface area contributed by atoms with Crippen molar-refractivity contribution in [2.45, 2.75) is 390 Å². The number of phenolic OH excluding ortho intramolecular Hbond substituents is 1. The molecule has 15 fully saturated rings. The second-order valence-electron chi connectivity index (χ2n) is 44.4. The van der Waals surface area contributed by atoms with Gasteiger partial charge in [0, 0.05) is 97.1 Å². The van der Waals surface area contributed by atoms with E-state index in [1.807, 2.05) is 109 Å². The third-order valence-corrected chi connectivity index (χ3v) is 36.8. The van der Waals surface area contributed by atoms with Crippen LogP contribution in [0.4, 0.5) is 0 Å². The van der Waals surface area contributed by atoms with E-state index in [-0.39, 0.29) is 32.8 Å². The molecule has 138 heavy (non-hydrogen) atoms. The molecule has 0 spiro atoms. The average molecular weight is 1870 g/mol. The van der Waals surface area contributed by atoms with Crippen LogP contribution in [0, 0.1) is 49.7 Å². The van der Waals surface area contributed by atoms with Gasteiger partial charge in [-0.3, -0.25) is 4.79 Å². The number of benzene rings is 5. The first-order valence-corrected chi connectivity index (χ1v) is 53.6. The normalized spacial score (nSPS) is 26.6. The SMILES string of the molecule is CC#N.CCCCCC12CCC(c3nnc(-c4ccccc4/C=N\O)n3C)(CC1)CC2.CCCCCC12CCC(c3nnc(-c4ccccc4C#N)n3C)(CC1)CC2.CCCCCC12CCC(c3nnc(-c4ccccc4C=O)n3C)(CC1)CC2.CCCCCC12CCC(c3nnc(-c4ccccc4O)n3C)(CC1)CC2.CCCCCC12CCC(c3nnc(-c4ccccc4OC)n3C)(CC1)CC2. The average Bonchev–Trinajstić information content (AvgIpc) is 1.43. The molecule has 10 aromatic rings. The third-order valence-electron chi connectivity index (χ3n) is 36.8. The highest BCUT2D eigenvalue weighted by Gasteiger charge is 2.57. The predicted molar refractivity (Wildman–Crippen MR) is 551 cm³/mol. The summed E-state index contributed by atoms with van der Waals surface area (Å²) in [7, 11) is 12.1. The van der Waals surface area contributed by atoms with E-state index >= 15 is 0 Å². The van der Waals surface area contributed by atoms with Crippen molar-refractivity contribution in [2.75, 3.05) is 7.11 Å². The van der Waals surface area contributed by atoms with Crippen molar-refractivity contribution in [2.24, 2.45) is 67.5 Å². The number of hydrogen-bond donors (Lipinski definition) is 2. The van der Waals surface area contributed by atoms with E-state index in [2.05, 4.69) is 156 Å². The summed E-state index contributed by atoms with van der Waals surface area (Å²) in [5.41, 5.74) is 10.7. The summed E-state index contributed by atoms with van der Waals surface area (Å²) in [5, 5.41) is 85.1. The molecule has 5 aromatic carbocycles. The second-order valence-corrected chi connectivity index (χ2v) is 44.4. The first-order valence-electron chi connectivity index (χ1n) is 53.6. The van der Waals surface area contributed by atoms with Crippen molar-refractivity contribution in [1.29, 1.82) is 10.5 Å². The lowest BCUT2D eigenvalue weighted by molar-refractivity contribution is 0.0250. The number of oxime groups is 1. The molecular weight excluding hydrogens is 1710 g/mol. The number of aromatic nitrogens is 15. The van der Waals surface area contributed by atoms with Gasteiger partial charge in [-0.1, -0.05) is 221 Å². The summed E-state index contributed by atoms with van der Waals surface area (Å²) in [5.74, 6) is 11.0. The molecule has 5 heterocycles. The van der Waals surface area contributed by atoms with Crippen LogP contribution in [0.25, 0.3) is 56.9 Å². The number of hydrogen-bond acceptors (Lipinski definition) is 17. The van der Waals surface area contributed by atoms with Crippen LogP contribution in [0.1, 0.15) is 413 Å². The first-order chi connectivity index (χ1) is 67.0. The summed E-state index contributed by atoms with van der Waals surface area (Å²) in [6.45, 7) is 12.9. The van der Waals surface area contributed by atoms with E-state index in [0.29, 0.717) is 38.2 Å². The number of ether oxygens (including phenoxy) is 1. The van der Waals surface area contributed by atoms with Gasteiger partial charge in [-0.2, -0.15) is 10.5 Å². The number of unbranched alkanes of at least 4 members (excludes halogenated alkanes) is 10. The van der Waals surface area contributed by atoms with Gasteiger partial charge in [0.25, 0.3) is 0 Å². The molecule has 0 atom stereocenters. The Morgan fingerprint density at radius 1 is 0.333 bits per heavy atom. The van der Waals surface area contributed by atoms with Gasteiger partial charge in [0.15, 0.2) is 35.4 Å². The van der Waals surface area contributed by atoms with Crippen LogP contribution in [-0.2, 0) is 62.3 Å². The van der Waals surface area contributed by atoms with Crippen LogP contribution in [0.3, 0.4) is 0 Å². The molecule has 22 heteroatoms. The third kappa shape index (κ3) is 21.1. The molecule has 22 nitrogen and oxygen atoms in total. The Bertz CT molecular complexity index is 5700. The van der Waals surface area contributed by atoms with Crippen molar-refractivity contribution >= 4 is 12.5 Å². The Hall–Kier alpha value is -10.5. The summed E-state index contributed by atoms with van der Waals surface area (Å²) < 4.78 is 16.4. The number of fused-ring (bicyclic) bond motifs is 15. The van der Waals surface area contributed by atoms with Crippen molar-refractivity contribution < 1.29 is 19.8 Å². The fourth-order valence-electron chi connectivity index (χ4n) is 27.7. The number of aromatic hydroxyl groups is 1. The smallest absolute Gasteiger partial charge is 0.167 e. The monoisotopic (exact) mass is 1870 g/mol. The number of methoxy groups -OCH3 is 1. The number of carbonyl (C=O) groups is 1. The lowest BCUT2D eigenvalue weighted by atomic mass is 9.52. The number of rotatable bonds is 33. The second kappa shape index (κ2) is 45.0. The lowest BCUT2D eigenvalue weighted by Crippen LogP contribution is -2.45. The summed E-state index contributed by atoms with van der Waals surface area (Å²) in [6, 6.07) is 42.8. The van der Waals surface area contributed by atoms with E-state index in [1.165, 1.54) is 340 Å². The topological polar surface area (TPSA) is 280 Å². The van der Waals surface area contributed by atoms with Crippen molar-refractivity contribution in [3.63, 3.8) is 0 Å². The minimum absolute atomic E-state index is 0.183. The van der Waals surface area contributed by atoms with E-state index in [1.54, 1.807) is 19.2 Å². The van der Waals surface area contributed by atoms with E-state index in [4.69, 9.17) is 20.3 Å². The van der Waals surface area contributed by atoms with Crippen LogP contribution in [-0.4, -0.2) is 104 Å². The molecule has 0 aliphatic heterocycles. The molecule has 10 bridgehead atoms. The Kier molecular flexibility index (Phi) is 33.2. The van der Waals surface area contributed by atoms with Gasteiger partial charge in [-0.25, -0.2) is 0 Å². The molecule has 2 N–H and O–H groups in total. The summed E-state index contributed by atoms with van der Waals surface area (Å²) in [4.78, 5) is 11.4. The standard InChI is InChI=1S/C23H32N4O.C23H30N4.C23H33N3O.C23H31N3O.C22H31N3O.C2H3N/c1-3-4-7-10-22-11-14-23(15-12-22,16-13-22)21-26-25-20(27(21)2)19-9-6-5-8-18(19)17-24-28;1-3-4-7-10-22-11-14-23(15-12-22,16-13-22)21-26-25-20(27(21)2)19-9-6-5-8-18(19)17-24;1-4-5-8-11-22-12-15-23(16-13-22,17-14-22)21-25-24-20(26(21)2)18-9-6-7-10-19(18)27-3;1-3-4-7-10-22-11-14-23(15-12-22,16-13-22)21-25-24-20(26(21)2)19-9-6-5-8-18(19)17-27;1-3-4-7-10-21-11-14-22(15-12-21,16-13-21)20-24-23-19(25(20)2)17-8-5-6-9-18(17)26;1-2-3/h5-6,8-9,17,28H,3-4,7,10-16H2,1-2H3;5-6,8-9H,3-4,7,10-16H2,1-2H3;6-7,9-10H,4-5,8,11-17H2,1-3H3;5-6,8-9,17H,3-4,7,10-16H2,1-2H3;5-6,8-9,26H,3-4,7,10-16H2,1-2H3;1H3/b24-17-;;;;;. The molecule has 15 aliphatic carbocycles. The number of nitrogens with zero attached hydrogens (tertiary/aromatic N) is 18. The Morgan fingerprint density at radius 2 is 0.572 bits per heavy atom. The Balaban J connectivity index is 0.000000130. The summed E-state index contributed by atoms with van der Waals surface area (Å²) in [6.07, 6.45) is 68.8. The molecule has 15 saturated carbocycles.